The minimum atomic E-state index is -1.14. The number of halogens is 1. The molecule has 3 heterocycles. The van der Waals surface area contributed by atoms with Gasteiger partial charge in [-0.2, -0.15) is 9.49 Å². The number of aromatic nitrogens is 3. The van der Waals surface area contributed by atoms with E-state index in [1.807, 2.05) is 13.8 Å². The van der Waals surface area contributed by atoms with Gasteiger partial charge >= 0.3 is 5.97 Å². The molecule has 25 heavy (non-hydrogen) atoms. The van der Waals surface area contributed by atoms with Gasteiger partial charge in [-0.15, -0.1) is 0 Å². The van der Waals surface area contributed by atoms with Crippen molar-refractivity contribution in [2.24, 2.45) is 0 Å². The molecule has 0 aliphatic carbocycles. The van der Waals surface area contributed by atoms with Crippen molar-refractivity contribution in [1.29, 1.82) is 0 Å². The van der Waals surface area contributed by atoms with E-state index in [1.165, 1.54) is 6.20 Å². The molecular formula is C17H21FN4O3. The van der Waals surface area contributed by atoms with E-state index >= 15 is 0 Å². The molecule has 1 aliphatic heterocycles. The SMILES string of the molecule is CC(C)Nc1ccc(-c2c(C(=O)O)cnn2C2CCOCC2)c(F)n1. The third-order valence-corrected chi connectivity index (χ3v) is 4.10. The van der Waals surface area contributed by atoms with Gasteiger partial charge in [-0.1, -0.05) is 0 Å². The minimum absolute atomic E-state index is 0.0234. The summed E-state index contributed by atoms with van der Waals surface area (Å²) in [6, 6.07) is 3.28. The lowest BCUT2D eigenvalue weighted by Gasteiger charge is -2.24. The zero-order chi connectivity index (χ0) is 18.0. The molecule has 1 saturated heterocycles. The van der Waals surface area contributed by atoms with Gasteiger partial charge in [0.1, 0.15) is 11.4 Å². The molecule has 134 valence electrons. The highest BCUT2D eigenvalue weighted by atomic mass is 19.1. The lowest BCUT2D eigenvalue weighted by Crippen LogP contribution is -2.21. The summed E-state index contributed by atoms with van der Waals surface area (Å²) in [5, 5.41) is 16.7. The number of hydrogen-bond donors (Lipinski definition) is 2. The Morgan fingerprint density at radius 1 is 1.40 bits per heavy atom. The molecule has 0 saturated carbocycles. The molecule has 1 fully saturated rings. The molecule has 0 amide bonds. The first-order valence-electron chi connectivity index (χ1n) is 8.29. The van der Waals surface area contributed by atoms with Crippen LogP contribution in [0.4, 0.5) is 10.2 Å². The maximum absolute atomic E-state index is 14.6. The van der Waals surface area contributed by atoms with Gasteiger partial charge < -0.3 is 15.2 Å². The van der Waals surface area contributed by atoms with Crippen LogP contribution in [-0.4, -0.2) is 45.1 Å². The number of pyridine rings is 1. The summed E-state index contributed by atoms with van der Waals surface area (Å²) < 4.78 is 21.6. The first-order valence-corrected chi connectivity index (χ1v) is 8.29. The van der Waals surface area contributed by atoms with E-state index in [1.54, 1.807) is 16.8 Å². The molecule has 0 spiro atoms. The maximum Gasteiger partial charge on any atom is 0.339 e. The number of ether oxygens (including phenoxy) is 1. The highest BCUT2D eigenvalue weighted by Crippen LogP contribution is 2.32. The Morgan fingerprint density at radius 2 is 2.12 bits per heavy atom. The number of rotatable bonds is 5. The summed E-state index contributed by atoms with van der Waals surface area (Å²) >= 11 is 0. The van der Waals surface area contributed by atoms with E-state index in [0.717, 1.165) is 0 Å². The molecular weight excluding hydrogens is 327 g/mol. The zero-order valence-electron chi connectivity index (χ0n) is 14.2. The van der Waals surface area contributed by atoms with Crippen molar-refractivity contribution in [2.75, 3.05) is 18.5 Å². The van der Waals surface area contributed by atoms with Gasteiger partial charge in [-0.25, -0.2) is 9.78 Å². The average Bonchev–Trinajstić information content (AvgIpc) is 3.00. The van der Waals surface area contributed by atoms with Crippen molar-refractivity contribution in [2.45, 2.75) is 38.8 Å². The van der Waals surface area contributed by atoms with Crippen LogP contribution in [-0.2, 0) is 4.74 Å². The Hall–Kier alpha value is -2.48. The average molecular weight is 348 g/mol. The molecule has 2 aromatic rings. The molecule has 2 N–H and O–H groups in total. The lowest BCUT2D eigenvalue weighted by molar-refractivity contribution is 0.0665. The Bertz CT molecular complexity index is 769. The van der Waals surface area contributed by atoms with E-state index in [9.17, 15) is 14.3 Å². The number of nitrogens with one attached hydrogen (secondary N) is 1. The fraction of sp³-hybridized carbons (Fsp3) is 0.471. The van der Waals surface area contributed by atoms with Gasteiger partial charge in [0.25, 0.3) is 0 Å². The molecule has 0 atom stereocenters. The smallest absolute Gasteiger partial charge is 0.339 e. The van der Waals surface area contributed by atoms with Gasteiger partial charge in [0.05, 0.1) is 23.5 Å². The predicted octanol–water partition coefficient (Wildman–Crippen LogP) is 2.95. The monoisotopic (exact) mass is 348 g/mol. The van der Waals surface area contributed by atoms with Crippen molar-refractivity contribution in [3.63, 3.8) is 0 Å². The van der Waals surface area contributed by atoms with E-state index < -0.39 is 11.9 Å². The number of aromatic carboxylic acids is 1. The highest BCUT2D eigenvalue weighted by molar-refractivity contribution is 5.94. The van der Waals surface area contributed by atoms with Crippen molar-refractivity contribution >= 4 is 11.8 Å². The third kappa shape index (κ3) is 3.63. The number of hydrogen-bond acceptors (Lipinski definition) is 5. The van der Waals surface area contributed by atoms with Crippen molar-refractivity contribution in [3.8, 4) is 11.3 Å². The zero-order valence-corrected chi connectivity index (χ0v) is 14.2. The van der Waals surface area contributed by atoms with E-state index in [-0.39, 0.29) is 28.9 Å². The number of carboxylic acids is 1. The number of nitrogens with zero attached hydrogens (tertiary/aromatic N) is 3. The molecule has 0 radical (unpaired) electrons. The largest absolute Gasteiger partial charge is 0.478 e. The van der Waals surface area contributed by atoms with Crippen molar-refractivity contribution in [3.05, 3.63) is 29.8 Å². The van der Waals surface area contributed by atoms with Crippen LogP contribution in [0.25, 0.3) is 11.3 Å². The van der Waals surface area contributed by atoms with Crippen LogP contribution in [0, 0.1) is 5.95 Å². The molecule has 0 bridgehead atoms. The molecule has 8 heteroatoms. The summed E-state index contributed by atoms with van der Waals surface area (Å²) in [7, 11) is 0. The summed E-state index contributed by atoms with van der Waals surface area (Å²) in [4.78, 5) is 15.5. The molecule has 1 aliphatic rings. The number of carboxylic acid groups (broad SMARTS) is 1. The van der Waals surface area contributed by atoms with Gasteiger partial charge in [-0.3, -0.25) is 4.68 Å². The number of anilines is 1. The molecule has 0 aromatic carbocycles. The van der Waals surface area contributed by atoms with Crippen LogP contribution >= 0.6 is 0 Å². The fourth-order valence-electron chi connectivity index (χ4n) is 2.98. The van der Waals surface area contributed by atoms with Crippen LogP contribution < -0.4 is 5.32 Å². The summed E-state index contributed by atoms with van der Waals surface area (Å²) in [6.45, 7) is 5.00. The summed E-state index contributed by atoms with van der Waals surface area (Å²) in [6.07, 6.45) is 2.68. The second kappa shape index (κ2) is 7.18. The van der Waals surface area contributed by atoms with Crippen LogP contribution in [0.15, 0.2) is 18.3 Å². The molecule has 2 aromatic heterocycles. The Morgan fingerprint density at radius 3 is 2.72 bits per heavy atom. The standard InChI is InChI=1S/C17H21FN4O3/c1-10(2)20-14-4-3-12(16(18)21-14)15-13(17(23)24)9-19-22(15)11-5-7-25-8-6-11/h3-4,9-11H,5-8H2,1-2H3,(H,20,21)(H,23,24). The van der Waals surface area contributed by atoms with E-state index in [0.29, 0.717) is 31.9 Å². The Labute approximate surface area is 144 Å². The van der Waals surface area contributed by atoms with E-state index in [2.05, 4.69) is 15.4 Å². The quantitative estimate of drug-likeness (QED) is 0.808. The normalized spacial score (nSPS) is 15.5. The minimum Gasteiger partial charge on any atom is -0.478 e. The number of carbonyl (C=O) groups is 1. The molecule has 0 unspecified atom stereocenters. The van der Waals surface area contributed by atoms with Gasteiger partial charge in [-0.05, 0) is 38.8 Å². The van der Waals surface area contributed by atoms with Crippen LogP contribution in [0.3, 0.4) is 0 Å². The van der Waals surface area contributed by atoms with Crippen LogP contribution in [0.2, 0.25) is 0 Å². The molecule has 7 nitrogen and oxygen atoms in total. The third-order valence-electron chi connectivity index (χ3n) is 4.10. The lowest BCUT2D eigenvalue weighted by atomic mass is 10.1. The second-order valence-corrected chi connectivity index (χ2v) is 6.33. The van der Waals surface area contributed by atoms with Gasteiger partial charge in [0.2, 0.25) is 5.95 Å². The first kappa shape index (κ1) is 17.3. The van der Waals surface area contributed by atoms with Crippen molar-refractivity contribution in [1.82, 2.24) is 14.8 Å². The highest BCUT2D eigenvalue weighted by Gasteiger charge is 2.27. The summed E-state index contributed by atoms with van der Waals surface area (Å²) in [5.74, 6) is -1.45. The van der Waals surface area contributed by atoms with Gasteiger partial charge in [0.15, 0.2) is 0 Å². The Kier molecular flexibility index (Phi) is 4.98. The van der Waals surface area contributed by atoms with Crippen molar-refractivity contribution < 1.29 is 19.0 Å². The Balaban J connectivity index is 2.05. The predicted molar refractivity (Wildman–Crippen MR) is 90.2 cm³/mol. The second-order valence-electron chi connectivity index (χ2n) is 6.33. The van der Waals surface area contributed by atoms with Crippen LogP contribution in [0.5, 0.6) is 0 Å². The first-order chi connectivity index (χ1) is 12.0. The van der Waals surface area contributed by atoms with E-state index in [4.69, 9.17) is 4.74 Å². The van der Waals surface area contributed by atoms with Gasteiger partial charge in [0, 0.05) is 19.3 Å². The molecule has 3 rings (SSSR count). The van der Waals surface area contributed by atoms with Crippen LogP contribution in [0.1, 0.15) is 43.1 Å². The fourth-order valence-corrected chi connectivity index (χ4v) is 2.98. The topological polar surface area (TPSA) is 89.3 Å². The summed E-state index contributed by atoms with van der Waals surface area (Å²) in [5.41, 5.74) is 0.355. The maximum atomic E-state index is 14.6.